The Balaban J connectivity index is 1.33. The average Bonchev–Trinajstić information content (AvgIpc) is 3.57. The molecule has 9 nitrogen and oxygen atoms in total. The summed E-state index contributed by atoms with van der Waals surface area (Å²) in [4.78, 5) is 18.8. The van der Waals surface area contributed by atoms with Gasteiger partial charge in [-0.3, -0.25) is 4.79 Å². The lowest BCUT2D eigenvalue weighted by molar-refractivity contribution is -0.134. The van der Waals surface area contributed by atoms with Crippen LogP contribution in [0.4, 0.5) is 29.9 Å². The molecule has 2 aromatic heterocycles. The van der Waals surface area contributed by atoms with E-state index < -0.39 is 23.1 Å². The average molecular weight is 555 g/mol. The number of morpholine rings is 1. The zero-order valence-electron chi connectivity index (χ0n) is 20.2. The van der Waals surface area contributed by atoms with Gasteiger partial charge in [-0.05, 0) is 12.1 Å². The molecule has 2 aliphatic heterocycles. The van der Waals surface area contributed by atoms with Crippen LogP contribution in [0.3, 0.4) is 0 Å². The van der Waals surface area contributed by atoms with Crippen LogP contribution >= 0.6 is 11.3 Å². The molecule has 1 amide bonds. The molecule has 1 fully saturated rings. The van der Waals surface area contributed by atoms with Crippen LogP contribution in [-0.4, -0.2) is 54.3 Å². The molecule has 13 heteroatoms. The van der Waals surface area contributed by atoms with Gasteiger partial charge >= 0.3 is 12.2 Å². The van der Waals surface area contributed by atoms with Crippen molar-refractivity contribution >= 4 is 39.7 Å². The summed E-state index contributed by atoms with van der Waals surface area (Å²) in [6.45, 7) is 1.67. The van der Waals surface area contributed by atoms with Gasteiger partial charge in [-0.1, -0.05) is 53.6 Å². The smallest absolute Gasteiger partial charge is 0.403 e. The molecule has 4 heterocycles. The quantitative estimate of drug-likeness (QED) is 0.362. The van der Waals surface area contributed by atoms with E-state index in [0.29, 0.717) is 54.0 Å². The Kier molecular flexibility index (Phi) is 6.53. The topological polar surface area (TPSA) is 105 Å². The van der Waals surface area contributed by atoms with Gasteiger partial charge in [0.2, 0.25) is 6.17 Å². The van der Waals surface area contributed by atoms with Crippen molar-refractivity contribution in [3.8, 4) is 11.5 Å². The van der Waals surface area contributed by atoms with E-state index in [1.165, 1.54) is 0 Å². The molecule has 2 aromatic carbocycles. The van der Waals surface area contributed by atoms with Crippen molar-refractivity contribution < 1.29 is 27.1 Å². The minimum absolute atomic E-state index is 0.102. The van der Waals surface area contributed by atoms with Crippen LogP contribution in [0.1, 0.15) is 16.0 Å². The van der Waals surface area contributed by atoms with Crippen LogP contribution in [0.15, 0.2) is 70.1 Å². The fraction of sp³-hybridized carbons (Fsp3) is 0.231. The Bertz CT molecular complexity index is 1530. The van der Waals surface area contributed by atoms with Crippen molar-refractivity contribution in [1.82, 2.24) is 10.2 Å². The van der Waals surface area contributed by atoms with Crippen LogP contribution in [0.2, 0.25) is 0 Å². The summed E-state index contributed by atoms with van der Waals surface area (Å²) < 4.78 is 51.8. The minimum Gasteiger partial charge on any atom is -0.403 e. The van der Waals surface area contributed by atoms with Gasteiger partial charge in [-0.25, -0.2) is 4.99 Å². The monoisotopic (exact) mass is 554 g/mol. The lowest BCUT2D eigenvalue weighted by Crippen LogP contribution is -2.35. The van der Waals surface area contributed by atoms with Gasteiger partial charge < -0.3 is 24.7 Å². The second-order valence-electron chi connectivity index (χ2n) is 8.76. The van der Waals surface area contributed by atoms with Crippen LogP contribution in [0.5, 0.6) is 0 Å². The molecule has 0 saturated carbocycles. The van der Waals surface area contributed by atoms with Gasteiger partial charge in [0.25, 0.3) is 11.8 Å². The van der Waals surface area contributed by atoms with Crippen molar-refractivity contribution in [3.05, 3.63) is 76.7 Å². The van der Waals surface area contributed by atoms with Crippen LogP contribution in [0.25, 0.3) is 11.5 Å². The summed E-state index contributed by atoms with van der Waals surface area (Å²) in [6.07, 6.45) is -5.67. The highest BCUT2D eigenvalue weighted by Gasteiger charge is 2.36. The SMILES string of the molecule is O=C1Nc2ccccc2C(c2ccccc2)=N[C@@H]1Nc1nnc(-c2cc(C(F)(F)F)sc2N2CCOCC2)o1. The second kappa shape index (κ2) is 10.2. The lowest BCUT2D eigenvalue weighted by atomic mass is 10.0. The highest BCUT2D eigenvalue weighted by Crippen LogP contribution is 2.45. The summed E-state index contributed by atoms with van der Waals surface area (Å²) >= 11 is 0.618. The first kappa shape index (κ1) is 25.1. The normalized spacial score (nSPS) is 17.7. The largest absolute Gasteiger partial charge is 0.425 e. The van der Waals surface area contributed by atoms with Crippen molar-refractivity contribution in [3.63, 3.8) is 0 Å². The highest BCUT2D eigenvalue weighted by molar-refractivity contribution is 7.16. The van der Waals surface area contributed by atoms with Gasteiger partial charge in [0.1, 0.15) is 9.88 Å². The van der Waals surface area contributed by atoms with Crippen molar-refractivity contribution in [2.45, 2.75) is 12.3 Å². The molecular formula is C26H21F3N6O3S. The lowest BCUT2D eigenvalue weighted by Gasteiger charge is -2.28. The number of carbonyl (C=O) groups is 1. The van der Waals surface area contributed by atoms with Crippen LogP contribution in [-0.2, 0) is 15.7 Å². The van der Waals surface area contributed by atoms with E-state index in [1.807, 2.05) is 53.4 Å². The Morgan fingerprint density at radius 2 is 1.74 bits per heavy atom. The first-order valence-corrected chi connectivity index (χ1v) is 12.9. The number of carbonyl (C=O) groups excluding carboxylic acids is 1. The number of alkyl halides is 3. The van der Waals surface area contributed by atoms with Gasteiger partial charge in [0, 0.05) is 24.2 Å². The number of fused-ring (bicyclic) bond motifs is 1. The number of benzodiazepines with no additional fused rings is 1. The number of halogens is 3. The van der Waals surface area contributed by atoms with Crippen molar-refractivity contribution in [1.29, 1.82) is 0 Å². The number of aliphatic imine (C=N–C) groups is 1. The van der Waals surface area contributed by atoms with E-state index in [9.17, 15) is 18.0 Å². The number of anilines is 3. The Morgan fingerprint density at radius 3 is 2.51 bits per heavy atom. The summed E-state index contributed by atoms with van der Waals surface area (Å²) in [7, 11) is 0. The third-order valence-corrected chi connectivity index (χ3v) is 7.44. The first-order valence-electron chi connectivity index (χ1n) is 12.0. The molecule has 2 aliphatic rings. The zero-order chi connectivity index (χ0) is 27.0. The third-order valence-electron chi connectivity index (χ3n) is 6.20. The Morgan fingerprint density at radius 1 is 1.00 bits per heavy atom. The van der Waals surface area contributed by atoms with E-state index in [0.717, 1.165) is 17.2 Å². The summed E-state index contributed by atoms with van der Waals surface area (Å²) in [5, 5.41) is 14.0. The third kappa shape index (κ3) is 5.10. The molecule has 1 saturated heterocycles. The Labute approximate surface area is 224 Å². The number of rotatable bonds is 5. The van der Waals surface area contributed by atoms with Gasteiger partial charge in [-0.2, -0.15) is 13.2 Å². The number of benzene rings is 2. The highest BCUT2D eigenvalue weighted by atomic mass is 32.1. The number of amides is 1. The van der Waals surface area contributed by atoms with E-state index >= 15 is 0 Å². The van der Waals surface area contributed by atoms with E-state index in [4.69, 9.17) is 9.15 Å². The number of nitrogens with one attached hydrogen (secondary N) is 2. The molecule has 0 spiro atoms. The molecule has 0 bridgehead atoms. The predicted octanol–water partition coefficient (Wildman–Crippen LogP) is 4.88. The number of hydrogen-bond acceptors (Lipinski definition) is 9. The maximum Gasteiger partial charge on any atom is 0.425 e. The second-order valence-corrected chi connectivity index (χ2v) is 9.80. The maximum absolute atomic E-state index is 13.6. The van der Waals surface area contributed by atoms with Gasteiger partial charge in [0.15, 0.2) is 0 Å². The van der Waals surface area contributed by atoms with E-state index in [2.05, 4.69) is 25.8 Å². The number of hydrogen-bond donors (Lipinski definition) is 2. The molecule has 0 unspecified atom stereocenters. The summed E-state index contributed by atoms with van der Waals surface area (Å²) in [5.74, 6) is -0.563. The van der Waals surface area contributed by atoms with Crippen molar-refractivity contribution in [2.75, 3.05) is 41.8 Å². The number of thiophene rings is 1. The minimum atomic E-state index is -4.53. The van der Waals surface area contributed by atoms with E-state index in [1.54, 1.807) is 6.07 Å². The number of para-hydroxylation sites is 1. The van der Waals surface area contributed by atoms with E-state index in [-0.39, 0.29) is 17.5 Å². The maximum atomic E-state index is 13.6. The molecule has 39 heavy (non-hydrogen) atoms. The first-order chi connectivity index (χ1) is 18.9. The molecule has 0 aliphatic carbocycles. The number of ether oxygens (including phenoxy) is 1. The standard InChI is InChI=1S/C26H21F3N6O3S/c27-26(28,29)19-14-17(24(39-19)35-10-12-37-13-11-35)23-33-34-25(38-23)32-21-22(36)30-18-9-5-4-8-16(18)20(31-21)15-6-2-1-3-7-15/h1-9,14,21H,10-13H2,(H,30,36)(H,32,34)/t21-/m1/s1. The van der Waals surface area contributed by atoms with Gasteiger partial charge in [0.05, 0.1) is 30.2 Å². The molecule has 0 radical (unpaired) electrons. The fourth-order valence-corrected chi connectivity index (χ4v) is 5.43. The van der Waals surface area contributed by atoms with Crippen molar-refractivity contribution in [2.24, 2.45) is 4.99 Å². The number of aromatic nitrogens is 2. The zero-order valence-corrected chi connectivity index (χ0v) is 21.1. The number of nitrogens with zero attached hydrogens (tertiary/aromatic N) is 4. The fourth-order valence-electron chi connectivity index (χ4n) is 4.36. The summed E-state index contributed by atoms with van der Waals surface area (Å²) in [6, 6.07) is 17.5. The van der Waals surface area contributed by atoms with Crippen LogP contribution < -0.4 is 15.5 Å². The molecule has 6 rings (SSSR count). The molecule has 2 N–H and O–H groups in total. The molecule has 1 atom stereocenters. The van der Waals surface area contributed by atoms with Crippen LogP contribution in [0, 0.1) is 0 Å². The molecule has 4 aromatic rings. The molecule has 200 valence electrons. The molecular weight excluding hydrogens is 533 g/mol. The predicted molar refractivity (Wildman–Crippen MR) is 140 cm³/mol. The summed E-state index contributed by atoms with van der Waals surface area (Å²) in [5.41, 5.74) is 2.87. The Hall–Kier alpha value is -4.23. The van der Waals surface area contributed by atoms with Gasteiger partial charge in [-0.15, -0.1) is 16.4 Å².